The van der Waals surface area contributed by atoms with E-state index >= 15 is 0 Å². The predicted octanol–water partition coefficient (Wildman–Crippen LogP) is 3.12. The number of aryl methyl sites for hydroxylation is 1. The van der Waals surface area contributed by atoms with Gasteiger partial charge in [0.25, 0.3) is 5.56 Å². The second kappa shape index (κ2) is 7.83. The summed E-state index contributed by atoms with van der Waals surface area (Å²) in [5, 5.41) is 0.173. The maximum atomic E-state index is 14.2. The molecule has 0 spiro atoms. The molecule has 2 aromatic heterocycles. The van der Waals surface area contributed by atoms with E-state index in [-0.39, 0.29) is 23.1 Å². The van der Waals surface area contributed by atoms with Crippen LogP contribution in [0, 0.1) is 5.82 Å². The molecule has 9 heteroatoms. The molecular formula is C21H16BrFN4O3. The predicted molar refractivity (Wildman–Crippen MR) is 114 cm³/mol. The van der Waals surface area contributed by atoms with E-state index in [1.54, 1.807) is 37.4 Å². The van der Waals surface area contributed by atoms with Crippen molar-refractivity contribution >= 4 is 27.0 Å². The molecule has 0 N–H and O–H groups in total. The Morgan fingerprint density at radius 1 is 1.13 bits per heavy atom. The van der Waals surface area contributed by atoms with Crippen molar-refractivity contribution in [3.8, 4) is 17.1 Å². The first-order valence-electron chi connectivity index (χ1n) is 8.94. The van der Waals surface area contributed by atoms with Gasteiger partial charge in [-0.25, -0.2) is 19.2 Å². The van der Waals surface area contributed by atoms with Crippen molar-refractivity contribution in [2.45, 2.75) is 6.54 Å². The van der Waals surface area contributed by atoms with Crippen LogP contribution >= 0.6 is 15.9 Å². The van der Waals surface area contributed by atoms with Crippen molar-refractivity contribution in [1.82, 2.24) is 19.1 Å². The van der Waals surface area contributed by atoms with Crippen molar-refractivity contribution in [3.63, 3.8) is 0 Å². The highest BCUT2D eigenvalue weighted by molar-refractivity contribution is 9.10. The topological polar surface area (TPSA) is 79.0 Å². The van der Waals surface area contributed by atoms with Crippen LogP contribution in [0.4, 0.5) is 4.39 Å². The summed E-state index contributed by atoms with van der Waals surface area (Å²) in [6, 6.07) is 11.6. The molecule has 0 fully saturated rings. The van der Waals surface area contributed by atoms with Crippen molar-refractivity contribution in [2.24, 2.45) is 7.05 Å². The first-order chi connectivity index (χ1) is 14.4. The molecule has 0 amide bonds. The molecular weight excluding hydrogens is 455 g/mol. The van der Waals surface area contributed by atoms with Crippen molar-refractivity contribution in [1.29, 1.82) is 0 Å². The van der Waals surface area contributed by atoms with Gasteiger partial charge >= 0.3 is 5.69 Å². The number of ether oxygens (including phenoxy) is 1. The van der Waals surface area contributed by atoms with Gasteiger partial charge in [-0.05, 0) is 36.4 Å². The Balaban J connectivity index is 1.83. The minimum atomic E-state index is -0.589. The van der Waals surface area contributed by atoms with E-state index in [9.17, 15) is 14.0 Å². The lowest BCUT2D eigenvalue weighted by molar-refractivity contribution is 0.415. The Morgan fingerprint density at radius 2 is 1.87 bits per heavy atom. The third-order valence-electron chi connectivity index (χ3n) is 4.77. The second-order valence-electron chi connectivity index (χ2n) is 6.63. The molecule has 0 unspecified atom stereocenters. The van der Waals surface area contributed by atoms with Gasteiger partial charge in [0, 0.05) is 28.8 Å². The first-order valence-corrected chi connectivity index (χ1v) is 9.73. The van der Waals surface area contributed by atoms with Crippen LogP contribution < -0.4 is 16.0 Å². The highest BCUT2D eigenvalue weighted by Gasteiger charge is 2.16. The number of halogens is 2. The maximum Gasteiger partial charge on any atom is 0.332 e. The molecule has 2 heterocycles. The van der Waals surface area contributed by atoms with Gasteiger partial charge in [-0.2, -0.15) is 0 Å². The molecule has 0 aliphatic carbocycles. The molecule has 2 aromatic carbocycles. The Bertz CT molecular complexity index is 1380. The van der Waals surface area contributed by atoms with Gasteiger partial charge in [-0.15, -0.1) is 0 Å². The Labute approximate surface area is 178 Å². The van der Waals surface area contributed by atoms with E-state index in [0.29, 0.717) is 21.6 Å². The van der Waals surface area contributed by atoms with Gasteiger partial charge in [-0.1, -0.05) is 22.0 Å². The third kappa shape index (κ3) is 3.52. The smallest absolute Gasteiger partial charge is 0.332 e. The monoisotopic (exact) mass is 470 g/mol. The normalized spacial score (nSPS) is 11.1. The minimum absolute atomic E-state index is 0.173. The summed E-state index contributed by atoms with van der Waals surface area (Å²) >= 11 is 3.19. The fourth-order valence-electron chi connectivity index (χ4n) is 3.12. The summed E-state index contributed by atoms with van der Waals surface area (Å²) in [6.07, 6.45) is 1.39. The number of hydrogen-bond donors (Lipinski definition) is 0. The molecule has 4 aromatic rings. The van der Waals surface area contributed by atoms with E-state index in [1.807, 2.05) is 0 Å². The molecule has 0 saturated carbocycles. The van der Waals surface area contributed by atoms with Gasteiger partial charge in [0.2, 0.25) is 0 Å². The van der Waals surface area contributed by atoms with Crippen LogP contribution in [0.3, 0.4) is 0 Å². The molecule has 0 atom stereocenters. The number of methoxy groups -OCH3 is 1. The zero-order valence-corrected chi connectivity index (χ0v) is 17.7. The molecule has 0 saturated heterocycles. The van der Waals surface area contributed by atoms with Crippen molar-refractivity contribution < 1.29 is 9.13 Å². The van der Waals surface area contributed by atoms with Crippen LogP contribution in [0.1, 0.15) is 5.56 Å². The number of benzene rings is 2. The Morgan fingerprint density at radius 3 is 2.53 bits per heavy atom. The lowest BCUT2D eigenvalue weighted by Crippen LogP contribution is -2.40. The molecule has 0 aliphatic rings. The lowest BCUT2D eigenvalue weighted by Gasteiger charge is -2.11. The number of nitrogens with zero attached hydrogens (tertiary/aromatic N) is 4. The van der Waals surface area contributed by atoms with Gasteiger partial charge in [-0.3, -0.25) is 13.9 Å². The van der Waals surface area contributed by atoms with Gasteiger partial charge in [0.1, 0.15) is 17.0 Å². The van der Waals surface area contributed by atoms with Crippen LogP contribution in [-0.4, -0.2) is 26.2 Å². The van der Waals surface area contributed by atoms with Crippen LogP contribution in [0.25, 0.3) is 22.4 Å². The zero-order valence-electron chi connectivity index (χ0n) is 16.1. The number of fused-ring (bicyclic) bond motifs is 1. The average Bonchev–Trinajstić information content (AvgIpc) is 2.76. The fourth-order valence-corrected chi connectivity index (χ4v) is 3.46. The minimum Gasteiger partial charge on any atom is -0.497 e. The van der Waals surface area contributed by atoms with Crippen LogP contribution in [-0.2, 0) is 13.6 Å². The van der Waals surface area contributed by atoms with Gasteiger partial charge in [0.05, 0.1) is 13.7 Å². The van der Waals surface area contributed by atoms with E-state index < -0.39 is 17.1 Å². The van der Waals surface area contributed by atoms with Crippen LogP contribution in [0.5, 0.6) is 5.75 Å². The average molecular weight is 471 g/mol. The van der Waals surface area contributed by atoms with Gasteiger partial charge < -0.3 is 4.74 Å². The molecule has 7 nitrogen and oxygen atoms in total. The van der Waals surface area contributed by atoms with Crippen LogP contribution in [0.15, 0.2) is 62.7 Å². The van der Waals surface area contributed by atoms with Crippen molar-refractivity contribution in [3.05, 3.63) is 85.4 Å². The standard InChI is InChI=1S/C21H16BrFN4O3/c1-26-19-16(10-24-18(25-19)12-4-7-15(30-2)8-5-12)20(28)27(21(26)29)11-13-3-6-14(22)9-17(13)23/h3-10H,11H2,1-2H3. The summed E-state index contributed by atoms with van der Waals surface area (Å²) in [5.74, 6) is 0.552. The summed E-state index contributed by atoms with van der Waals surface area (Å²) in [6.45, 7) is -0.194. The largest absolute Gasteiger partial charge is 0.497 e. The highest BCUT2D eigenvalue weighted by Crippen LogP contribution is 2.20. The summed E-state index contributed by atoms with van der Waals surface area (Å²) in [5.41, 5.74) is -0.0111. The molecule has 4 rings (SSSR count). The molecule has 0 aliphatic heterocycles. The molecule has 0 radical (unpaired) electrons. The summed E-state index contributed by atoms with van der Waals surface area (Å²) in [7, 11) is 3.09. The number of hydrogen-bond acceptors (Lipinski definition) is 5. The molecule has 152 valence electrons. The quantitative estimate of drug-likeness (QED) is 0.457. The highest BCUT2D eigenvalue weighted by atomic mass is 79.9. The second-order valence-corrected chi connectivity index (χ2v) is 7.54. The number of aromatic nitrogens is 4. The number of rotatable bonds is 4. The van der Waals surface area contributed by atoms with Crippen molar-refractivity contribution in [2.75, 3.05) is 7.11 Å². The Hall–Kier alpha value is -3.33. The maximum absolute atomic E-state index is 14.2. The Kier molecular flexibility index (Phi) is 5.21. The van der Waals surface area contributed by atoms with E-state index in [2.05, 4.69) is 25.9 Å². The van der Waals surface area contributed by atoms with E-state index in [0.717, 1.165) is 4.57 Å². The van der Waals surface area contributed by atoms with E-state index in [1.165, 1.54) is 29.9 Å². The molecule has 30 heavy (non-hydrogen) atoms. The first kappa shape index (κ1) is 20.0. The van der Waals surface area contributed by atoms with E-state index in [4.69, 9.17) is 4.74 Å². The third-order valence-corrected chi connectivity index (χ3v) is 5.26. The zero-order chi connectivity index (χ0) is 21.4. The lowest BCUT2D eigenvalue weighted by atomic mass is 10.2. The van der Waals surface area contributed by atoms with Gasteiger partial charge in [0.15, 0.2) is 11.5 Å². The molecule has 0 bridgehead atoms. The van der Waals surface area contributed by atoms with Crippen LogP contribution in [0.2, 0.25) is 0 Å². The fraction of sp³-hybridized carbons (Fsp3) is 0.143. The summed E-state index contributed by atoms with van der Waals surface area (Å²) < 4.78 is 22.2. The summed E-state index contributed by atoms with van der Waals surface area (Å²) in [4.78, 5) is 34.5. The SMILES string of the molecule is COc1ccc(-c2ncc3c(=O)n(Cc4ccc(Br)cc4F)c(=O)n(C)c3n2)cc1.